The fraction of sp³-hybridized carbons (Fsp3) is 0.387. The number of hydrogen-bond acceptors (Lipinski definition) is 7. The second kappa shape index (κ2) is 10.7. The van der Waals surface area contributed by atoms with Gasteiger partial charge in [-0.25, -0.2) is 13.7 Å². The van der Waals surface area contributed by atoms with E-state index >= 15 is 4.39 Å². The van der Waals surface area contributed by atoms with E-state index in [2.05, 4.69) is 16.3 Å². The van der Waals surface area contributed by atoms with Gasteiger partial charge in [-0.1, -0.05) is 0 Å². The van der Waals surface area contributed by atoms with Crippen LogP contribution in [-0.4, -0.2) is 73.0 Å². The van der Waals surface area contributed by atoms with Gasteiger partial charge in [-0.05, 0) is 57.9 Å². The van der Waals surface area contributed by atoms with Gasteiger partial charge < -0.3 is 20.3 Å². The molecule has 222 valence electrons. The highest BCUT2D eigenvalue weighted by atomic mass is 19.1. The van der Waals surface area contributed by atoms with Crippen LogP contribution in [-0.2, 0) is 9.53 Å². The minimum atomic E-state index is -0.565. The van der Waals surface area contributed by atoms with Crippen molar-refractivity contribution in [1.82, 2.24) is 29.2 Å². The van der Waals surface area contributed by atoms with Crippen LogP contribution in [0.2, 0.25) is 0 Å². The third-order valence-electron chi connectivity index (χ3n) is 7.98. The molecule has 0 aliphatic carbocycles. The minimum absolute atomic E-state index is 0.0751. The van der Waals surface area contributed by atoms with Crippen LogP contribution in [0.3, 0.4) is 0 Å². The lowest BCUT2D eigenvalue weighted by Gasteiger charge is -2.42. The number of carbonyl (C=O) groups is 2. The molecule has 3 aromatic heterocycles. The van der Waals surface area contributed by atoms with Gasteiger partial charge in [0.2, 0.25) is 5.91 Å². The van der Waals surface area contributed by atoms with Gasteiger partial charge in [0.1, 0.15) is 17.5 Å². The summed E-state index contributed by atoms with van der Waals surface area (Å²) in [7, 11) is 0. The molecule has 2 aliphatic heterocycles. The van der Waals surface area contributed by atoms with Gasteiger partial charge in [-0.3, -0.25) is 9.48 Å². The number of benzene rings is 1. The predicted molar refractivity (Wildman–Crippen MR) is 157 cm³/mol. The Bertz CT molecular complexity index is 1750. The smallest absolute Gasteiger partial charge is 0.410 e. The van der Waals surface area contributed by atoms with E-state index in [1.807, 2.05) is 42.6 Å². The van der Waals surface area contributed by atoms with Gasteiger partial charge in [0, 0.05) is 66.5 Å². The molecule has 12 heteroatoms. The first-order valence-electron chi connectivity index (χ1n) is 14.3. The van der Waals surface area contributed by atoms with Crippen molar-refractivity contribution in [3.63, 3.8) is 0 Å². The van der Waals surface area contributed by atoms with Crippen LogP contribution >= 0.6 is 0 Å². The van der Waals surface area contributed by atoms with Crippen molar-refractivity contribution in [2.75, 3.05) is 31.9 Å². The van der Waals surface area contributed by atoms with Crippen molar-refractivity contribution in [2.45, 2.75) is 45.3 Å². The Kier molecular flexibility index (Phi) is 7.04. The Morgan fingerprint density at radius 1 is 1.02 bits per heavy atom. The van der Waals surface area contributed by atoms with Gasteiger partial charge in [-0.15, -0.1) is 0 Å². The summed E-state index contributed by atoms with van der Waals surface area (Å²) in [6.07, 6.45) is 8.10. The molecule has 2 N–H and O–H groups in total. The maximum atomic E-state index is 15.0. The van der Waals surface area contributed by atoms with E-state index in [4.69, 9.17) is 10.5 Å². The number of nitrogens with two attached hydrogens (primary N) is 1. The Morgan fingerprint density at radius 3 is 2.44 bits per heavy atom. The molecule has 2 saturated heterocycles. The zero-order valence-corrected chi connectivity index (χ0v) is 24.3. The average molecular weight is 585 g/mol. The number of nitrogens with zero attached hydrogens (tertiary/aromatic N) is 7. The summed E-state index contributed by atoms with van der Waals surface area (Å²) in [5.74, 6) is -0.606. The second-order valence-corrected chi connectivity index (χ2v) is 12.2. The highest BCUT2D eigenvalue weighted by Crippen LogP contribution is 2.35. The number of amides is 2. The number of rotatable bonds is 4. The van der Waals surface area contributed by atoms with Crippen molar-refractivity contribution >= 4 is 23.2 Å². The zero-order chi connectivity index (χ0) is 30.5. The number of aromatic nitrogens is 4. The standard InChI is InChI=1S/C31H33FN8O3/c1-31(2,3)43-30(42)38-15-22(16-38)29(41)37-8-6-24(7-9-37)39-18-21(14-35-39)19-10-26(25-5-4-23(34)11-27(25)32)28-20(12-33)13-36-40(28)17-19/h4-5,10-11,13-14,17-18,22,24H,6-9,15-16,34H2,1-3H3. The molecular weight excluding hydrogens is 551 g/mol. The Labute approximate surface area is 248 Å². The largest absolute Gasteiger partial charge is 0.444 e. The van der Waals surface area contributed by atoms with Crippen LogP contribution < -0.4 is 5.73 Å². The minimum Gasteiger partial charge on any atom is -0.444 e. The second-order valence-electron chi connectivity index (χ2n) is 12.2. The molecule has 0 radical (unpaired) electrons. The monoisotopic (exact) mass is 584 g/mol. The molecule has 0 saturated carbocycles. The van der Waals surface area contributed by atoms with Crippen molar-refractivity contribution in [3.05, 3.63) is 60.4 Å². The van der Waals surface area contributed by atoms with E-state index in [1.54, 1.807) is 33.9 Å². The lowest BCUT2D eigenvalue weighted by molar-refractivity contribution is -0.141. The number of piperidine rings is 1. The zero-order valence-electron chi connectivity index (χ0n) is 24.3. The molecule has 6 rings (SSSR count). The third kappa shape index (κ3) is 5.50. The van der Waals surface area contributed by atoms with Crippen molar-refractivity contribution in [1.29, 1.82) is 5.26 Å². The molecule has 43 heavy (non-hydrogen) atoms. The summed E-state index contributed by atoms with van der Waals surface area (Å²) in [6.45, 7) is 7.46. The normalized spacial score (nSPS) is 16.3. The lowest BCUT2D eigenvalue weighted by Crippen LogP contribution is -2.58. The van der Waals surface area contributed by atoms with Crippen molar-refractivity contribution in [3.8, 4) is 28.3 Å². The van der Waals surface area contributed by atoms with Crippen LogP contribution in [0.15, 0.2) is 49.1 Å². The maximum absolute atomic E-state index is 15.0. The number of ether oxygens (including phenoxy) is 1. The molecule has 4 aromatic rings. The number of carbonyl (C=O) groups excluding carboxylic acids is 2. The molecule has 2 aliphatic rings. The third-order valence-corrected chi connectivity index (χ3v) is 7.98. The Hall–Kier alpha value is -4.92. The van der Waals surface area contributed by atoms with E-state index < -0.39 is 11.4 Å². The highest BCUT2D eigenvalue weighted by Gasteiger charge is 2.40. The summed E-state index contributed by atoms with van der Waals surface area (Å²) < 4.78 is 23.9. The highest BCUT2D eigenvalue weighted by molar-refractivity contribution is 5.88. The number of anilines is 1. The molecule has 0 unspecified atom stereocenters. The Morgan fingerprint density at radius 2 is 1.77 bits per heavy atom. The fourth-order valence-electron chi connectivity index (χ4n) is 5.72. The van der Waals surface area contributed by atoms with Gasteiger partial charge in [0.05, 0.1) is 35.4 Å². The van der Waals surface area contributed by atoms with E-state index in [0.29, 0.717) is 54.1 Å². The molecule has 5 heterocycles. The van der Waals surface area contributed by atoms with E-state index in [9.17, 15) is 14.9 Å². The molecule has 0 bridgehead atoms. The van der Waals surface area contributed by atoms with Crippen LogP contribution in [0.1, 0.15) is 45.2 Å². The SMILES string of the molecule is CC(C)(C)OC(=O)N1CC(C(=O)N2CCC(n3cc(-c4cc(-c5ccc(N)cc5F)c5c(C#N)cnn5c4)cn3)CC2)C1. The number of nitriles is 1. The topological polar surface area (TPSA) is 135 Å². The molecule has 1 aromatic carbocycles. The van der Waals surface area contributed by atoms with Crippen LogP contribution in [0.4, 0.5) is 14.9 Å². The van der Waals surface area contributed by atoms with Gasteiger partial charge >= 0.3 is 6.09 Å². The first-order chi connectivity index (χ1) is 20.5. The summed E-state index contributed by atoms with van der Waals surface area (Å²) in [5.41, 5.74) is 8.82. The van der Waals surface area contributed by atoms with Crippen molar-refractivity contribution in [2.24, 2.45) is 5.92 Å². The number of pyridine rings is 1. The molecule has 2 amide bonds. The molecule has 0 spiro atoms. The molecule has 0 atom stereocenters. The summed E-state index contributed by atoms with van der Waals surface area (Å²) in [5, 5.41) is 18.6. The van der Waals surface area contributed by atoms with Crippen LogP contribution in [0.25, 0.3) is 27.8 Å². The van der Waals surface area contributed by atoms with Gasteiger partial charge in [0.15, 0.2) is 0 Å². The van der Waals surface area contributed by atoms with E-state index in [-0.39, 0.29) is 24.0 Å². The van der Waals surface area contributed by atoms with E-state index in [0.717, 1.165) is 24.0 Å². The lowest BCUT2D eigenvalue weighted by atomic mass is 9.96. The summed E-state index contributed by atoms with van der Waals surface area (Å²) in [4.78, 5) is 28.7. The first-order valence-corrected chi connectivity index (χ1v) is 14.3. The number of hydrogen-bond donors (Lipinski definition) is 1. The van der Waals surface area contributed by atoms with Crippen LogP contribution in [0.5, 0.6) is 0 Å². The number of likely N-dealkylation sites (tertiary alicyclic amines) is 2. The van der Waals surface area contributed by atoms with Crippen LogP contribution in [0, 0.1) is 23.1 Å². The van der Waals surface area contributed by atoms with Gasteiger partial charge in [-0.2, -0.15) is 15.5 Å². The number of nitrogen functional groups attached to an aromatic ring is 1. The number of halogens is 1. The first kappa shape index (κ1) is 28.2. The molecule has 11 nitrogen and oxygen atoms in total. The summed E-state index contributed by atoms with van der Waals surface area (Å²) >= 11 is 0. The van der Waals surface area contributed by atoms with Gasteiger partial charge in [0.25, 0.3) is 0 Å². The number of fused-ring (bicyclic) bond motifs is 1. The molecular formula is C31H33FN8O3. The quantitative estimate of drug-likeness (QED) is 0.349. The maximum Gasteiger partial charge on any atom is 0.410 e. The summed E-state index contributed by atoms with van der Waals surface area (Å²) in [6, 6.07) is 8.59. The van der Waals surface area contributed by atoms with Crippen molar-refractivity contribution < 1.29 is 18.7 Å². The van der Waals surface area contributed by atoms with E-state index in [1.165, 1.54) is 12.3 Å². The Balaban J connectivity index is 1.14. The predicted octanol–water partition coefficient (Wildman–Crippen LogP) is 4.49. The molecule has 2 fully saturated rings. The fourth-order valence-corrected chi connectivity index (χ4v) is 5.72. The average Bonchev–Trinajstić information content (AvgIpc) is 3.58.